The summed E-state index contributed by atoms with van der Waals surface area (Å²) in [5.74, 6) is -1.37. The van der Waals surface area contributed by atoms with E-state index in [9.17, 15) is 18.0 Å². The number of aromatic nitrogens is 2. The molecule has 2 aromatic heterocycles. The Morgan fingerprint density at radius 1 is 1.11 bits per heavy atom. The number of sulfonamides is 1. The number of amides is 2. The van der Waals surface area contributed by atoms with E-state index in [0.29, 0.717) is 20.8 Å². The lowest BCUT2D eigenvalue weighted by molar-refractivity contribution is -0.116. The average Bonchev–Trinajstić information content (AvgIpc) is 3.20. The predicted octanol–water partition coefficient (Wildman–Crippen LogP) is 1.99. The van der Waals surface area contributed by atoms with E-state index in [0.717, 1.165) is 0 Å². The topological polar surface area (TPSA) is 109 Å². The fourth-order valence-corrected chi connectivity index (χ4v) is 4.89. The molecule has 0 unspecified atom stereocenters. The first-order valence-electron chi connectivity index (χ1n) is 7.80. The van der Waals surface area contributed by atoms with Crippen molar-refractivity contribution in [1.82, 2.24) is 14.3 Å². The third kappa shape index (κ3) is 3.09. The van der Waals surface area contributed by atoms with Crippen molar-refractivity contribution < 1.29 is 18.0 Å². The molecule has 1 aliphatic heterocycles. The molecule has 0 atom stereocenters. The summed E-state index contributed by atoms with van der Waals surface area (Å²) in [5.41, 5.74) is 1.31. The van der Waals surface area contributed by atoms with Crippen LogP contribution in [0.5, 0.6) is 0 Å². The number of anilines is 1. The summed E-state index contributed by atoms with van der Waals surface area (Å²) in [5, 5.41) is 4.55. The molecule has 8 nitrogen and oxygen atoms in total. The molecule has 2 amide bonds. The molecule has 1 N–H and O–H groups in total. The van der Waals surface area contributed by atoms with Crippen molar-refractivity contribution in [3.63, 3.8) is 0 Å². The number of hydrogen-bond acceptors (Lipinski definition) is 7. The molecule has 3 aromatic rings. The maximum atomic E-state index is 12.5. The smallest absolute Gasteiger partial charge is 0.269 e. The molecular formula is C17H12N4O4S2. The van der Waals surface area contributed by atoms with Gasteiger partial charge in [-0.1, -0.05) is 18.2 Å². The normalized spacial score (nSPS) is 14.8. The van der Waals surface area contributed by atoms with Gasteiger partial charge in [-0.25, -0.2) is 17.7 Å². The average molecular weight is 400 g/mol. The molecule has 1 aromatic carbocycles. The number of fused-ring (bicyclic) bond motifs is 1. The summed E-state index contributed by atoms with van der Waals surface area (Å²) in [6, 6.07) is 11.3. The van der Waals surface area contributed by atoms with Gasteiger partial charge in [0.05, 0.1) is 11.3 Å². The van der Waals surface area contributed by atoms with Crippen LogP contribution in [-0.4, -0.2) is 41.1 Å². The SMILES string of the molecule is O=C(CN1C(=O)c2ccccc2S1(=O)=O)Nc1nc(-c2ccccn2)cs1. The molecule has 10 heteroatoms. The number of rotatable bonds is 4. The maximum Gasteiger partial charge on any atom is 0.269 e. The van der Waals surface area contributed by atoms with E-state index in [1.807, 2.05) is 6.07 Å². The van der Waals surface area contributed by atoms with Crippen LogP contribution in [0.3, 0.4) is 0 Å². The summed E-state index contributed by atoms with van der Waals surface area (Å²) >= 11 is 1.18. The maximum absolute atomic E-state index is 12.5. The Morgan fingerprint density at radius 2 is 1.89 bits per heavy atom. The highest BCUT2D eigenvalue weighted by Gasteiger charge is 2.41. The van der Waals surface area contributed by atoms with E-state index >= 15 is 0 Å². The van der Waals surface area contributed by atoms with Crippen LogP contribution < -0.4 is 5.32 Å². The number of hydrogen-bond donors (Lipinski definition) is 1. The minimum atomic E-state index is -4.02. The van der Waals surface area contributed by atoms with Gasteiger partial charge in [-0.2, -0.15) is 0 Å². The second kappa shape index (κ2) is 6.56. The molecule has 0 radical (unpaired) electrons. The van der Waals surface area contributed by atoms with Gasteiger partial charge in [0.2, 0.25) is 5.91 Å². The van der Waals surface area contributed by atoms with Crippen molar-refractivity contribution >= 4 is 38.3 Å². The van der Waals surface area contributed by atoms with E-state index in [1.54, 1.807) is 29.8 Å². The van der Waals surface area contributed by atoms with Crippen molar-refractivity contribution in [3.8, 4) is 11.4 Å². The Hall–Kier alpha value is -3.11. The summed E-state index contributed by atoms with van der Waals surface area (Å²) in [7, 11) is -4.02. The zero-order valence-electron chi connectivity index (χ0n) is 13.7. The summed E-state index contributed by atoms with van der Waals surface area (Å²) < 4.78 is 25.5. The first kappa shape index (κ1) is 17.3. The predicted molar refractivity (Wildman–Crippen MR) is 98.6 cm³/mol. The van der Waals surface area contributed by atoms with E-state index < -0.39 is 28.4 Å². The Labute approximate surface area is 158 Å². The summed E-state index contributed by atoms with van der Waals surface area (Å²) in [4.78, 5) is 33.0. The van der Waals surface area contributed by atoms with Crippen molar-refractivity contribution in [2.75, 3.05) is 11.9 Å². The van der Waals surface area contributed by atoms with Gasteiger partial charge in [0.15, 0.2) is 5.13 Å². The van der Waals surface area contributed by atoms with Crippen LogP contribution in [0.25, 0.3) is 11.4 Å². The molecular weight excluding hydrogens is 388 g/mol. The highest BCUT2D eigenvalue weighted by molar-refractivity contribution is 7.90. The fraction of sp³-hybridized carbons (Fsp3) is 0.0588. The van der Waals surface area contributed by atoms with Crippen molar-refractivity contribution in [3.05, 3.63) is 59.6 Å². The van der Waals surface area contributed by atoms with Crippen molar-refractivity contribution in [2.45, 2.75) is 4.90 Å². The molecule has 0 saturated carbocycles. The number of benzene rings is 1. The Bertz CT molecular complexity index is 1140. The highest BCUT2D eigenvalue weighted by atomic mass is 32.2. The third-order valence-electron chi connectivity index (χ3n) is 3.88. The molecule has 0 bridgehead atoms. The van der Waals surface area contributed by atoms with Gasteiger partial charge in [-0.3, -0.25) is 14.6 Å². The van der Waals surface area contributed by atoms with Gasteiger partial charge >= 0.3 is 0 Å². The highest BCUT2D eigenvalue weighted by Crippen LogP contribution is 2.30. The van der Waals surface area contributed by atoms with Gasteiger partial charge in [-0.15, -0.1) is 11.3 Å². The van der Waals surface area contributed by atoms with Crippen LogP contribution >= 0.6 is 11.3 Å². The van der Waals surface area contributed by atoms with Gasteiger partial charge in [0.25, 0.3) is 15.9 Å². The Balaban J connectivity index is 1.50. The van der Waals surface area contributed by atoms with Gasteiger partial charge < -0.3 is 5.32 Å². The van der Waals surface area contributed by atoms with Crippen LogP contribution in [0.1, 0.15) is 10.4 Å². The number of carbonyl (C=O) groups excluding carboxylic acids is 2. The zero-order valence-corrected chi connectivity index (χ0v) is 15.3. The minimum Gasteiger partial charge on any atom is -0.300 e. The number of thiazole rings is 1. The van der Waals surface area contributed by atoms with Gasteiger partial charge in [0.1, 0.15) is 17.1 Å². The van der Waals surface area contributed by atoms with Crippen LogP contribution in [0, 0.1) is 0 Å². The van der Waals surface area contributed by atoms with Crippen LogP contribution in [0.15, 0.2) is 58.9 Å². The van der Waals surface area contributed by atoms with Crippen LogP contribution in [0.4, 0.5) is 5.13 Å². The molecule has 0 saturated heterocycles. The molecule has 1 aliphatic rings. The summed E-state index contributed by atoms with van der Waals surface area (Å²) in [6.45, 7) is -0.617. The van der Waals surface area contributed by atoms with E-state index in [4.69, 9.17) is 0 Å². The third-order valence-corrected chi connectivity index (χ3v) is 6.42. The lowest BCUT2D eigenvalue weighted by Gasteiger charge is -2.13. The molecule has 0 aliphatic carbocycles. The second-order valence-electron chi connectivity index (χ2n) is 5.61. The lowest BCUT2D eigenvalue weighted by atomic mass is 10.2. The minimum absolute atomic E-state index is 0.0667. The molecule has 3 heterocycles. The number of nitrogens with one attached hydrogen (secondary N) is 1. The van der Waals surface area contributed by atoms with E-state index in [2.05, 4.69) is 15.3 Å². The summed E-state index contributed by atoms with van der Waals surface area (Å²) in [6.07, 6.45) is 1.63. The Morgan fingerprint density at radius 3 is 2.63 bits per heavy atom. The first-order valence-corrected chi connectivity index (χ1v) is 10.1. The zero-order chi connectivity index (χ0) is 19.0. The van der Waals surface area contributed by atoms with E-state index in [1.165, 1.54) is 29.5 Å². The number of pyridine rings is 1. The molecule has 136 valence electrons. The van der Waals surface area contributed by atoms with Crippen molar-refractivity contribution in [1.29, 1.82) is 0 Å². The van der Waals surface area contributed by atoms with Crippen molar-refractivity contribution in [2.24, 2.45) is 0 Å². The standard InChI is InChI=1S/C17H12N4O4S2/c22-15(20-17-19-13(10-26-17)12-6-3-4-8-18-12)9-21-16(23)11-5-1-2-7-14(11)27(21,24)25/h1-8,10H,9H2,(H,19,20,22). The molecule has 0 fully saturated rings. The van der Waals surface area contributed by atoms with Gasteiger partial charge in [-0.05, 0) is 24.3 Å². The number of nitrogens with zero attached hydrogens (tertiary/aromatic N) is 3. The van der Waals surface area contributed by atoms with Crippen LogP contribution in [0.2, 0.25) is 0 Å². The Kier molecular flexibility index (Phi) is 4.21. The second-order valence-corrected chi connectivity index (χ2v) is 8.30. The van der Waals surface area contributed by atoms with E-state index in [-0.39, 0.29) is 10.5 Å². The monoisotopic (exact) mass is 400 g/mol. The quantitative estimate of drug-likeness (QED) is 0.717. The van der Waals surface area contributed by atoms with Crippen LogP contribution in [-0.2, 0) is 14.8 Å². The lowest BCUT2D eigenvalue weighted by Crippen LogP contribution is -2.37. The first-order chi connectivity index (χ1) is 13.0. The number of carbonyl (C=O) groups is 2. The van der Waals surface area contributed by atoms with Gasteiger partial charge in [0, 0.05) is 11.6 Å². The molecule has 0 spiro atoms. The fourth-order valence-electron chi connectivity index (χ4n) is 2.64. The molecule has 4 rings (SSSR count). The molecule has 27 heavy (non-hydrogen) atoms. The largest absolute Gasteiger partial charge is 0.300 e.